The molecule has 3 heteroatoms. The summed E-state index contributed by atoms with van der Waals surface area (Å²) in [5.41, 5.74) is 14.0. The van der Waals surface area contributed by atoms with Crippen molar-refractivity contribution in [3.8, 4) is 0 Å². The van der Waals surface area contributed by atoms with Gasteiger partial charge in [-0.15, -0.1) is 0 Å². The monoisotopic (exact) mass is 177 g/mol. The van der Waals surface area contributed by atoms with Crippen LogP contribution in [0.15, 0.2) is 12.3 Å². The number of rotatable bonds is 2. The molecule has 0 radical (unpaired) electrons. The van der Waals surface area contributed by atoms with Crippen molar-refractivity contribution in [1.29, 1.82) is 0 Å². The van der Waals surface area contributed by atoms with Crippen molar-refractivity contribution in [1.82, 2.24) is 4.98 Å². The highest BCUT2D eigenvalue weighted by Gasteiger charge is 2.30. The number of aromatic nitrogens is 1. The minimum absolute atomic E-state index is 0.0902. The summed E-state index contributed by atoms with van der Waals surface area (Å²) in [7, 11) is 0. The smallest absolute Gasteiger partial charge is 0.128 e. The van der Waals surface area contributed by atoms with Crippen LogP contribution in [0.25, 0.3) is 0 Å². The molecule has 2 rings (SSSR count). The van der Waals surface area contributed by atoms with Crippen molar-refractivity contribution in [3.05, 3.63) is 23.4 Å². The zero-order valence-corrected chi connectivity index (χ0v) is 7.83. The van der Waals surface area contributed by atoms with E-state index in [4.69, 9.17) is 11.5 Å². The van der Waals surface area contributed by atoms with Crippen molar-refractivity contribution in [2.24, 2.45) is 11.7 Å². The van der Waals surface area contributed by atoms with Crippen LogP contribution >= 0.6 is 0 Å². The molecule has 1 aliphatic carbocycles. The first-order chi connectivity index (χ1) is 6.18. The fourth-order valence-electron chi connectivity index (χ4n) is 1.58. The average Bonchev–Trinajstić information content (AvgIpc) is 2.91. The van der Waals surface area contributed by atoms with E-state index in [1.807, 2.05) is 13.0 Å². The number of nitrogens with two attached hydrogens (primary N) is 2. The van der Waals surface area contributed by atoms with E-state index in [-0.39, 0.29) is 6.04 Å². The quantitative estimate of drug-likeness (QED) is 0.717. The normalized spacial score (nSPS) is 18.6. The number of pyridine rings is 1. The molecule has 1 aromatic rings. The van der Waals surface area contributed by atoms with E-state index < -0.39 is 0 Å². The summed E-state index contributed by atoms with van der Waals surface area (Å²) in [5, 5.41) is 0. The van der Waals surface area contributed by atoms with Gasteiger partial charge in [0.05, 0.1) is 0 Å². The van der Waals surface area contributed by atoms with E-state index in [1.54, 1.807) is 6.20 Å². The van der Waals surface area contributed by atoms with Crippen LogP contribution in [0.5, 0.6) is 0 Å². The second-order valence-corrected chi connectivity index (χ2v) is 3.85. The molecule has 13 heavy (non-hydrogen) atoms. The van der Waals surface area contributed by atoms with Crippen LogP contribution < -0.4 is 11.5 Å². The third kappa shape index (κ3) is 1.65. The van der Waals surface area contributed by atoms with Gasteiger partial charge < -0.3 is 11.5 Å². The van der Waals surface area contributed by atoms with Crippen molar-refractivity contribution >= 4 is 5.82 Å². The Balaban J connectivity index is 2.31. The lowest BCUT2D eigenvalue weighted by atomic mass is 10.0. The Morgan fingerprint density at radius 3 is 2.85 bits per heavy atom. The molecule has 1 heterocycles. The summed E-state index contributed by atoms with van der Waals surface area (Å²) >= 11 is 0. The minimum Gasteiger partial charge on any atom is -0.383 e. The van der Waals surface area contributed by atoms with Gasteiger partial charge in [0.15, 0.2) is 0 Å². The molecule has 1 saturated carbocycles. The summed E-state index contributed by atoms with van der Waals surface area (Å²) < 4.78 is 0. The summed E-state index contributed by atoms with van der Waals surface area (Å²) in [6.07, 6.45) is 4.24. The molecular weight excluding hydrogens is 162 g/mol. The standard InChI is InChI=1S/C10H15N3/c1-6-4-8(10(12)13-5-6)9(11)7-2-3-7/h4-5,7,9H,2-3,11H2,1H3,(H2,12,13). The van der Waals surface area contributed by atoms with E-state index in [9.17, 15) is 0 Å². The minimum atomic E-state index is 0.0902. The van der Waals surface area contributed by atoms with Gasteiger partial charge in [0.1, 0.15) is 5.82 Å². The molecular formula is C10H15N3. The molecule has 1 unspecified atom stereocenters. The van der Waals surface area contributed by atoms with Gasteiger partial charge >= 0.3 is 0 Å². The molecule has 70 valence electrons. The fourth-order valence-corrected chi connectivity index (χ4v) is 1.58. The number of nitrogens with zero attached hydrogens (tertiary/aromatic N) is 1. The van der Waals surface area contributed by atoms with Crippen LogP contribution in [0, 0.1) is 12.8 Å². The molecule has 4 N–H and O–H groups in total. The van der Waals surface area contributed by atoms with Gasteiger partial charge in [0, 0.05) is 17.8 Å². The number of hydrogen-bond donors (Lipinski definition) is 2. The summed E-state index contributed by atoms with van der Waals surface area (Å²) in [6, 6.07) is 2.14. The fraction of sp³-hybridized carbons (Fsp3) is 0.500. The maximum absolute atomic E-state index is 6.05. The van der Waals surface area contributed by atoms with E-state index in [0.717, 1.165) is 11.1 Å². The van der Waals surface area contributed by atoms with Crippen LogP contribution in [-0.4, -0.2) is 4.98 Å². The molecule has 1 aromatic heterocycles. The predicted molar refractivity (Wildman–Crippen MR) is 53.0 cm³/mol. The number of aryl methyl sites for hydroxylation is 1. The Labute approximate surface area is 78.1 Å². The van der Waals surface area contributed by atoms with Gasteiger partial charge in [-0.05, 0) is 37.3 Å². The van der Waals surface area contributed by atoms with Crippen LogP contribution in [0.3, 0.4) is 0 Å². The van der Waals surface area contributed by atoms with E-state index >= 15 is 0 Å². The van der Waals surface area contributed by atoms with Crippen LogP contribution in [-0.2, 0) is 0 Å². The van der Waals surface area contributed by atoms with Crippen LogP contribution in [0.1, 0.15) is 30.0 Å². The number of hydrogen-bond acceptors (Lipinski definition) is 3. The van der Waals surface area contributed by atoms with Gasteiger partial charge in [0.2, 0.25) is 0 Å². The Morgan fingerprint density at radius 1 is 1.54 bits per heavy atom. The van der Waals surface area contributed by atoms with Gasteiger partial charge in [-0.2, -0.15) is 0 Å². The molecule has 1 fully saturated rings. The molecule has 0 amide bonds. The molecule has 1 atom stereocenters. The second-order valence-electron chi connectivity index (χ2n) is 3.85. The first kappa shape index (κ1) is 8.51. The first-order valence-corrected chi connectivity index (χ1v) is 4.66. The van der Waals surface area contributed by atoms with Crippen molar-refractivity contribution in [2.45, 2.75) is 25.8 Å². The SMILES string of the molecule is Cc1cnc(N)c(C(N)C2CC2)c1. The summed E-state index contributed by atoms with van der Waals surface area (Å²) in [6.45, 7) is 2.01. The predicted octanol–water partition coefficient (Wildman–Crippen LogP) is 1.38. The first-order valence-electron chi connectivity index (χ1n) is 4.66. The molecule has 0 spiro atoms. The Morgan fingerprint density at radius 2 is 2.23 bits per heavy atom. The van der Waals surface area contributed by atoms with E-state index in [1.165, 1.54) is 12.8 Å². The van der Waals surface area contributed by atoms with Crippen molar-refractivity contribution in [3.63, 3.8) is 0 Å². The maximum Gasteiger partial charge on any atom is 0.128 e. The number of nitrogen functional groups attached to an aromatic ring is 1. The third-order valence-electron chi connectivity index (χ3n) is 2.58. The molecule has 3 nitrogen and oxygen atoms in total. The molecule has 0 saturated heterocycles. The van der Waals surface area contributed by atoms with E-state index in [2.05, 4.69) is 4.98 Å². The lowest BCUT2D eigenvalue weighted by Crippen LogP contribution is -2.15. The van der Waals surface area contributed by atoms with Gasteiger partial charge in [-0.25, -0.2) is 4.98 Å². The lowest BCUT2D eigenvalue weighted by Gasteiger charge is -2.12. The van der Waals surface area contributed by atoms with Crippen LogP contribution in [0.2, 0.25) is 0 Å². The zero-order chi connectivity index (χ0) is 9.42. The lowest BCUT2D eigenvalue weighted by molar-refractivity contribution is 0.633. The molecule has 0 aliphatic heterocycles. The van der Waals surface area contributed by atoms with Crippen molar-refractivity contribution in [2.75, 3.05) is 5.73 Å². The topological polar surface area (TPSA) is 64.9 Å². The van der Waals surface area contributed by atoms with Gasteiger partial charge in [0.25, 0.3) is 0 Å². The Bertz CT molecular complexity index is 318. The summed E-state index contributed by atoms with van der Waals surface area (Å²) in [5.74, 6) is 1.22. The Hall–Kier alpha value is -1.09. The van der Waals surface area contributed by atoms with Gasteiger partial charge in [-0.3, -0.25) is 0 Å². The van der Waals surface area contributed by atoms with Crippen molar-refractivity contribution < 1.29 is 0 Å². The maximum atomic E-state index is 6.05. The highest BCUT2D eigenvalue weighted by molar-refractivity contribution is 5.43. The van der Waals surface area contributed by atoms with Crippen LogP contribution in [0.4, 0.5) is 5.82 Å². The van der Waals surface area contributed by atoms with Gasteiger partial charge in [-0.1, -0.05) is 0 Å². The second kappa shape index (κ2) is 3.00. The highest BCUT2D eigenvalue weighted by Crippen LogP contribution is 2.40. The highest BCUT2D eigenvalue weighted by atomic mass is 14.8. The Kier molecular flexibility index (Phi) is 1.96. The largest absolute Gasteiger partial charge is 0.383 e. The molecule has 0 aromatic carbocycles. The molecule has 1 aliphatic rings. The molecule has 0 bridgehead atoms. The summed E-state index contributed by atoms with van der Waals surface area (Å²) in [4.78, 5) is 4.11. The number of anilines is 1. The average molecular weight is 177 g/mol. The van der Waals surface area contributed by atoms with E-state index in [0.29, 0.717) is 11.7 Å². The zero-order valence-electron chi connectivity index (χ0n) is 7.83. The third-order valence-corrected chi connectivity index (χ3v) is 2.58.